The minimum Gasteiger partial charge on any atom is -0.396 e. The van der Waals surface area contributed by atoms with Crippen LogP contribution in [0.4, 0.5) is 22.0 Å². The minimum atomic E-state index is -5.60. The number of halogens is 5. The molecule has 7 heteroatoms. The molecule has 0 aliphatic carbocycles. The lowest BCUT2D eigenvalue weighted by atomic mass is 9.97. The molecule has 0 saturated heterocycles. The Labute approximate surface area is 84.0 Å². The number of aliphatic hydroxyl groups excluding tert-OH is 1. The van der Waals surface area contributed by atoms with Crippen LogP contribution < -0.4 is 0 Å². The van der Waals surface area contributed by atoms with Crippen LogP contribution >= 0.6 is 0 Å². The second-order valence-corrected chi connectivity index (χ2v) is 4.02. The van der Waals surface area contributed by atoms with Crippen LogP contribution in [0, 0.1) is 5.41 Å². The predicted octanol–water partition coefficient (Wildman–Crippen LogP) is 2.22. The number of hydrogen-bond donors (Lipinski definition) is 1. The summed E-state index contributed by atoms with van der Waals surface area (Å²) in [6, 6.07) is 0. The summed E-state index contributed by atoms with van der Waals surface area (Å²) >= 11 is 0. The van der Waals surface area contributed by atoms with Crippen molar-refractivity contribution in [2.75, 3.05) is 19.8 Å². The second-order valence-electron chi connectivity index (χ2n) is 4.02. The Kier molecular flexibility index (Phi) is 4.48. The molecule has 0 aromatic carbocycles. The molecule has 0 saturated carbocycles. The van der Waals surface area contributed by atoms with Crippen molar-refractivity contribution in [3.8, 4) is 0 Å². The first-order chi connectivity index (χ1) is 6.52. The zero-order chi connectivity index (χ0) is 12.3. The summed E-state index contributed by atoms with van der Waals surface area (Å²) in [6.07, 6.45) is -5.60. The molecule has 2 nitrogen and oxygen atoms in total. The van der Waals surface area contributed by atoms with Crippen molar-refractivity contribution in [3.05, 3.63) is 0 Å². The molecule has 0 bridgehead atoms. The highest BCUT2D eigenvalue weighted by atomic mass is 19.4. The molecule has 92 valence electrons. The highest BCUT2D eigenvalue weighted by Gasteiger charge is 2.57. The van der Waals surface area contributed by atoms with Crippen molar-refractivity contribution in [2.24, 2.45) is 5.41 Å². The molecule has 0 fully saturated rings. The maximum absolute atomic E-state index is 12.3. The third kappa shape index (κ3) is 4.74. The molecule has 0 amide bonds. The van der Waals surface area contributed by atoms with Crippen molar-refractivity contribution in [3.63, 3.8) is 0 Å². The van der Waals surface area contributed by atoms with E-state index in [2.05, 4.69) is 4.74 Å². The summed E-state index contributed by atoms with van der Waals surface area (Å²) in [6.45, 7) is 0.525. The second kappa shape index (κ2) is 4.61. The summed E-state index contributed by atoms with van der Waals surface area (Å²) in [5.41, 5.74) is -0.832. The van der Waals surface area contributed by atoms with E-state index < -0.39 is 24.1 Å². The lowest BCUT2D eigenvalue weighted by Crippen LogP contribution is -2.41. The lowest BCUT2D eigenvalue weighted by molar-refractivity contribution is -0.298. The van der Waals surface area contributed by atoms with E-state index >= 15 is 0 Å². The molecule has 0 radical (unpaired) electrons. The van der Waals surface area contributed by atoms with Crippen molar-refractivity contribution in [2.45, 2.75) is 25.9 Å². The first-order valence-corrected chi connectivity index (χ1v) is 4.15. The molecule has 0 aliphatic heterocycles. The van der Waals surface area contributed by atoms with Crippen LogP contribution in [-0.4, -0.2) is 37.0 Å². The number of hydrogen-bond acceptors (Lipinski definition) is 2. The third-order valence-electron chi connectivity index (χ3n) is 1.62. The zero-order valence-corrected chi connectivity index (χ0v) is 8.37. The van der Waals surface area contributed by atoms with Gasteiger partial charge in [-0.05, 0) is 0 Å². The Hall–Kier alpha value is -0.430. The van der Waals surface area contributed by atoms with Crippen molar-refractivity contribution >= 4 is 0 Å². The van der Waals surface area contributed by atoms with Gasteiger partial charge in [-0.3, -0.25) is 0 Å². The molecular formula is C8H13F5O2. The maximum Gasteiger partial charge on any atom is 0.455 e. The normalized spacial score (nSPS) is 14.4. The molecule has 0 rings (SSSR count). The largest absolute Gasteiger partial charge is 0.455 e. The fourth-order valence-electron chi connectivity index (χ4n) is 0.583. The van der Waals surface area contributed by atoms with Gasteiger partial charge in [-0.2, -0.15) is 22.0 Å². The summed E-state index contributed by atoms with van der Waals surface area (Å²) in [4.78, 5) is 0. The summed E-state index contributed by atoms with van der Waals surface area (Å²) in [7, 11) is 0. The molecule has 0 atom stereocenters. The standard InChI is InChI=1S/C8H13F5O2/c1-6(2,3-14)4-15-5-7(9,10)8(11,12)13/h14H,3-5H2,1-2H3. The molecule has 0 aromatic rings. The van der Waals surface area contributed by atoms with Crippen molar-refractivity contribution < 1.29 is 31.8 Å². The monoisotopic (exact) mass is 236 g/mol. The van der Waals surface area contributed by atoms with Gasteiger partial charge in [-0.1, -0.05) is 13.8 Å². The van der Waals surface area contributed by atoms with Gasteiger partial charge in [0.05, 0.1) is 13.2 Å². The van der Waals surface area contributed by atoms with Crippen LogP contribution in [0.3, 0.4) is 0 Å². The fourth-order valence-corrected chi connectivity index (χ4v) is 0.583. The van der Waals surface area contributed by atoms with Gasteiger partial charge in [-0.25, -0.2) is 0 Å². The molecule has 0 heterocycles. The van der Waals surface area contributed by atoms with Crippen LogP contribution in [0.1, 0.15) is 13.8 Å². The highest BCUT2D eigenvalue weighted by Crippen LogP contribution is 2.35. The van der Waals surface area contributed by atoms with Crippen LogP contribution in [-0.2, 0) is 4.74 Å². The van der Waals surface area contributed by atoms with Crippen molar-refractivity contribution in [1.29, 1.82) is 0 Å². The summed E-state index contributed by atoms with van der Waals surface area (Å²) in [5, 5.41) is 8.69. The Morgan fingerprint density at radius 3 is 1.80 bits per heavy atom. The van der Waals surface area contributed by atoms with Gasteiger partial charge in [0.1, 0.15) is 6.61 Å². The molecule has 0 aliphatic rings. The van der Waals surface area contributed by atoms with Crippen molar-refractivity contribution in [1.82, 2.24) is 0 Å². The van der Waals surface area contributed by atoms with Gasteiger partial charge in [0.25, 0.3) is 0 Å². The Morgan fingerprint density at radius 2 is 1.47 bits per heavy atom. The van der Waals surface area contributed by atoms with Crippen LogP contribution in [0.15, 0.2) is 0 Å². The van der Waals surface area contributed by atoms with E-state index in [1.807, 2.05) is 0 Å². The van der Waals surface area contributed by atoms with Crippen LogP contribution in [0.25, 0.3) is 0 Å². The van der Waals surface area contributed by atoms with Gasteiger partial charge < -0.3 is 9.84 Å². The molecule has 15 heavy (non-hydrogen) atoms. The molecule has 0 aromatic heterocycles. The first-order valence-electron chi connectivity index (χ1n) is 4.15. The average molecular weight is 236 g/mol. The van der Waals surface area contributed by atoms with E-state index in [0.29, 0.717) is 0 Å². The number of alkyl halides is 5. The minimum absolute atomic E-state index is 0.357. The molecular weight excluding hydrogens is 223 g/mol. The van der Waals surface area contributed by atoms with E-state index in [-0.39, 0.29) is 13.2 Å². The smallest absolute Gasteiger partial charge is 0.396 e. The number of ether oxygens (including phenoxy) is 1. The number of aliphatic hydroxyl groups is 1. The topological polar surface area (TPSA) is 29.5 Å². The zero-order valence-electron chi connectivity index (χ0n) is 8.37. The highest BCUT2D eigenvalue weighted by molar-refractivity contribution is 4.76. The van der Waals surface area contributed by atoms with Gasteiger partial charge in [-0.15, -0.1) is 0 Å². The molecule has 1 N–H and O–H groups in total. The Bertz CT molecular complexity index is 200. The van der Waals surface area contributed by atoms with E-state index in [1.54, 1.807) is 0 Å². The van der Waals surface area contributed by atoms with E-state index in [1.165, 1.54) is 13.8 Å². The van der Waals surface area contributed by atoms with Gasteiger partial charge >= 0.3 is 12.1 Å². The van der Waals surface area contributed by atoms with E-state index in [0.717, 1.165) is 0 Å². The van der Waals surface area contributed by atoms with Gasteiger partial charge in [0.15, 0.2) is 0 Å². The lowest BCUT2D eigenvalue weighted by Gasteiger charge is -2.24. The maximum atomic E-state index is 12.3. The van der Waals surface area contributed by atoms with Crippen LogP contribution in [0.5, 0.6) is 0 Å². The fraction of sp³-hybridized carbons (Fsp3) is 1.00. The Morgan fingerprint density at radius 1 is 1.00 bits per heavy atom. The van der Waals surface area contributed by atoms with Gasteiger partial charge in [0, 0.05) is 5.41 Å². The van der Waals surface area contributed by atoms with Crippen LogP contribution in [0.2, 0.25) is 0 Å². The van der Waals surface area contributed by atoms with E-state index in [9.17, 15) is 22.0 Å². The van der Waals surface area contributed by atoms with Gasteiger partial charge in [0.2, 0.25) is 0 Å². The third-order valence-corrected chi connectivity index (χ3v) is 1.62. The van der Waals surface area contributed by atoms with E-state index in [4.69, 9.17) is 5.11 Å². The average Bonchev–Trinajstić information content (AvgIpc) is 2.01. The SMILES string of the molecule is CC(C)(CO)COCC(F)(F)C(F)(F)F. The predicted molar refractivity (Wildman–Crippen MR) is 42.7 cm³/mol. The summed E-state index contributed by atoms with van der Waals surface area (Å²) < 4.78 is 63.8. The molecule has 0 unspecified atom stereocenters. The number of rotatable bonds is 5. The Balaban J connectivity index is 4.07. The quantitative estimate of drug-likeness (QED) is 0.741. The molecule has 0 spiro atoms. The summed E-state index contributed by atoms with van der Waals surface area (Å²) in [5.74, 6) is -4.85. The first kappa shape index (κ1) is 14.6.